The lowest BCUT2D eigenvalue weighted by atomic mass is 10.0. The monoisotopic (exact) mass is 283 g/mol. The van der Waals surface area contributed by atoms with Crippen molar-refractivity contribution >= 4 is 11.6 Å². The van der Waals surface area contributed by atoms with E-state index in [-0.39, 0.29) is 6.04 Å². The third-order valence-electron chi connectivity index (χ3n) is 3.92. The Balaban J connectivity index is 1.85. The van der Waals surface area contributed by atoms with Crippen LogP contribution in [0.5, 0.6) is 0 Å². The van der Waals surface area contributed by atoms with Gasteiger partial charge in [-0.1, -0.05) is 60.6 Å². The Labute approximate surface area is 125 Å². The van der Waals surface area contributed by atoms with Crippen molar-refractivity contribution in [2.75, 3.05) is 6.54 Å². The molecule has 2 heteroatoms. The molecule has 1 N–H and O–H groups in total. The molecular formula is C18H18ClN. The molecule has 0 radical (unpaired) electrons. The largest absolute Gasteiger partial charge is 0.305 e. The number of fused-ring (bicyclic) bond motifs is 3. The number of rotatable bonds is 4. The summed E-state index contributed by atoms with van der Waals surface area (Å²) in [7, 11) is 0. The van der Waals surface area contributed by atoms with Crippen LogP contribution in [0, 0.1) is 0 Å². The lowest BCUT2D eigenvalue weighted by Crippen LogP contribution is -2.19. The Morgan fingerprint density at radius 3 is 2.75 bits per heavy atom. The molecule has 2 aromatic rings. The summed E-state index contributed by atoms with van der Waals surface area (Å²) in [5.41, 5.74) is 6.90. The molecule has 102 valence electrons. The first-order valence-electron chi connectivity index (χ1n) is 6.93. The molecule has 1 atom stereocenters. The molecular weight excluding hydrogens is 266 g/mol. The third-order valence-corrected chi connectivity index (χ3v) is 4.05. The predicted octanol–water partition coefficient (Wildman–Crippen LogP) is 4.66. The van der Waals surface area contributed by atoms with Crippen LogP contribution in [-0.2, 0) is 6.42 Å². The van der Waals surface area contributed by atoms with Crippen LogP contribution >= 0.6 is 11.6 Å². The Morgan fingerprint density at radius 2 is 1.95 bits per heavy atom. The number of halogens is 1. The van der Waals surface area contributed by atoms with Gasteiger partial charge in [0.25, 0.3) is 0 Å². The van der Waals surface area contributed by atoms with Gasteiger partial charge in [0.05, 0.1) is 0 Å². The van der Waals surface area contributed by atoms with Crippen molar-refractivity contribution < 1.29 is 0 Å². The molecule has 0 bridgehead atoms. The molecule has 20 heavy (non-hydrogen) atoms. The highest BCUT2D eigenvalue weighted by Crippen LogP contribution is 2.37. The standard InChI is InChI=1S/C18H18ClN/c1-12(19)11-20-13(2)14-7-8-18-16(9-14)10-15-5-3-4-6-17(15)18/h3-9,13,20H,1,10-11H2,2H3. The zero-order chi connectivity index (χ0) is 14.1. The van der Waals surface area contributed by atoms with E-state index in [1.165, 1.54) is 27.8 Å². The van der Waals surface area contributed by atoms with Crippen molar-refractivity contribution in [3.05, 3.63) is 70.8 Å². The minimum atomic E-state index is 0.277. The van der Waals surface area contributed by atoms with Gasteiger partial charge in [-0.25, -0.2) is 0 Å². The molecule has 0 amide bonds. The van der Waals surface area contributed by atoms with Crippen LogP contribution in [0.1, 0.15) is 29.7 Å². The number of hydrogen-bond acceptors (Lipinski definition) is 1. The van der Waals surface area contributed by atoms with E-state index in [0.717, 1.165) is 6.42 Å². The fraction of sp³-hybridized carbons (Fsp3) is 0.222. The van der Waals surface area contributed by atoms with Gasteiger partial charge in [0, 0.05) is 17.6 Å². The summed E-state index contributed by atoms with van der Waals surface area (Å²) in [6.45, 7) is 6.50. The second-order valence-corrected chi connectivity index (χ2v) is 5.90. The lowest BCUT2D eigenvalue weighted by Gasteiger charge is -2.15. The second kappa shape index (κ2) is 5.43. The summed E-state index contributed by atoms with van der Waals surface area (Å²) < 4.78 is 0. The van der Waals surface area contributed by atoms with Crippen molar-refractivity contribution in [1.29, 1.82) is 0 Å². The van der Waals surface area contributed by atoms with Gasteiger partial charge < -0.3 is 5.32 Å². The Morgan fingerprint density at radius 1 is 1.20 bits per heavy atom. The highest BCUT2D eigenvalue weighted by molar-refractivity contribution is 6.29. The van der Waals surface area contributed by atoms with E-state index in [4.69, 9.17) is 11.6 Å². The van der Waals surface area contributed by atoms with E-state index in [1.807, 2.05) is 0 Å². The second-order valence-electron chi connectivity index (χ2n) is 5.37. The van der Waals surface area contributed by atoms with Gasteiger partial charge in [-0.05, 0) is 41.2 Å². The maximum atomic E-state index is 5.81. The summed E-state index contributed by atoms with van der Waals surface area (Å²) in [6.07, 6.45) is 1.04. The van der Waals surface area contributed by atoms with E-state index in [2.05, 4.69) is 61.3 Å². The van der Waals surface area contributed by atoms with Gasteiger partial charge in [-0.2, -0.15) is 0 Å². The molecule has 0 spiro atoms. The number of nitrogens with one attached hydrogen (secondary N) is 1. The zero-order valence-corrected chi connectivity index (χ0v) is 12.4. The van der Waals surface area contributed by atoms with Crippen LogP contribution in [0.15, 0.2) is 54.1 Å². The molecule has 0 saturated heterocycles. The maximum absolute atomic E-state index is 5.81. The highest BCUT2D eigenvalue weighted by atomic mass is 35.5. The normalized spacial score (nSPS) is 13.7. The molecule has 0 aliphatic heterocycles. The molecule has 1 nitrogen and oxygen atoms in total. The van der Waals surface area contributed by atoms with Gasteiger partial charge in [-0.15, -0.1) is 0 Å². The van der Waals surface area contributed by atoms with Gasteiger partial charge in [0.1, 0.15) is 0 Å². The zero-order valence-electron chi connectivity index (χ0n) is 11.6. The van der Waals surface area contributed by atoms with Gasteiger partial charge in [-0.3, -0.25) is 0 Å². The first kappa shape index (κ1) is 13.4. The third kappa shape index (κ3) is 2.52. The van der Waals surface area contributed by atoms with Crippen LogP contribution in [-0.4, -0.2) is 6.54 Å². The Kier molecular flexibility index (Phi) is 3.64. The Bertz CT molecular complexity index is 660. The van der Waals surface area contributed by atoms with Crippen LogP contribution in [0.3, 0.4) is 0 Å². The predicted molar refractivity (Wildman–Crippen MR) is 86.1 cm³/mol. The first-order chi connectivity index (χ1) is 9.65. The average molecular weight is 284 g/mol. The molecule has 1 aliphatic carbocycles. The van der Waals surface area contributed by atoms with E-state index in [0.29, 0.717) is 11.6 Å². The van der Waals surface area contributed by atoms with E-state index in [1.54, 1.807) is 0 Å². The van der Waals surface area contributed by atoms with Gasteiger partial charge >= 0.3 is 0 Å². The topological polar surface area (TPSA) is 12.0 Å². The van der Waals surface area contributed by atoms with Crippen molar-refractivity contribution in [3.63, 3.8) is 0 Å². The van der Waals surface area contributed by atoms with Crippen molar-refractivity contribution in [2.45, 2.75) is 19.4 Å². The van der Waals surface area contributed by atoms with Gasteiger partial charge in [0.15, 0.2) is 0 Å². The molecule has 0 aromatic heterocycles. The Hall–Kier alpha value is -1.57. The summed E-state index contributed by atoms with van der Waals surface area (Å²) >= 11 is 5.81. The van der Waals surface area contributed by atoms with Crippen molar-refractivity contribution in [2.24, 2.45) is 0 Å². The highest BCUT2D eigenvalue weighted by Gasteiger charge is 2.18. The lowest BCUT2D eigenvalue weighted by molar-refractivity contribution is 0.614. The summed E-state index contributed by atoms with van der Waals surface area (Å²) in [5, 5.41) is 4.02. The smallest absolute Gasteiger partial charge is 0.0313 e. The first-order valence-corrected chi connectivity index (χ1v) is 7.30. The fourth-order valence-corrected chi connectivity index (χ4v) is 2.89. The van der Waals surface area contributed by atoms with Gasteiger partial charge in [0.2, 0.25) is 0 Å². The molecule has 1 aliphatic rings. The van der Waals surface area contributed by atoms with Crippen LogP contribution in [0.25, 0.3) is 11.1 Å². The van der Waals surface area contributed by atoms with E-state index in [9.17, 15) is 0 Å². The number of benzene rings is 2. The van der Waals surface area contributed by atoms with Crippen LogP contribution in [0.4, 0.5) is 0 Å². The maximum Gasteiger partial charge on any atom is 0.0313 e. The van der Waals surface area contributed by atoms with E-state index < -0.39 is 0 Å². The number of hydrogen-bond donors (Lipinski definition) is 1. The molecule has 1 unspecified atom stereocenters. The minimum absolute atomic E-state index is 0.277. The minimum Gasteiger partial charge on any atom is -0.305 e. The fourth-order valence-electron chi connectivity index (χ4n) is 2.82. The molecule has 0 fully saturated rings. The van der Waals surface area contributed by atoms with Crippen molar-refractivity contribution in [3.8, 4) is 11.1 Å². The summed E-state index contributed by atoms with van der Waals surface area (Å²) in [5.74, 6) is 0. The van der Waals surface area contributed by atoms with E-state index >= 15 is 0 Å². The molecule has 3 rings (SSSR count). The van der Waals surface area contributed by atoms with Crippen LogP contribution in [0.2, 0.25) is 0 Å². The SMILES string of the molecule is C=C(Cl)CNC(C)c1ccc2c(c1)Cc1ccccc1-2. The van der Waals surface area contributed by atoms with Crippen LogP contribution < -0.4 is 5.32 Å². The molecule has 0 heterocycles. The summed E-state index contributed by atoms with van der Waals surface area (Å²) in [4.78, 5) is 0. The average Bonchev–Trinajstić information content (AvgIpc) is 2.82. The van der Waals surface area contributed by atoms with Crippen molar-refractivity contribution in [1.82, 2.24) is 5.32 Å². The quantitative estimate of drug-likeness (QED) is 0.734. The molecule has 2 aromatic carbocycles. The molecule has 0 saturated carbocycles. The summed E-state index contributed by atoms with van der Waals surface area (Å²) in [6, 6.07) is 15.7.